The monoisotopic (exact) mass is 286 g/mol. The summed E-state index contributed by atoms with van der Waals surface area (Å²) in [6.45, 7) is 8.14. The molecule has 110 valence electrons. The van der Waals surface area contributed by atoms with Gasteiger partial charge in [-0.3, -0.25) is 4.98 Å². The van der Waals surface area contributed by atoms with Gasteiger partial charge in [0.2, 0.25) is 0 Å². The van der Waals surface area contributed by atoms with Crippen molar-refractivity contribution in [1.82, 2.24) is 20.0 Å². The lowest BCUT2D eigenvalue weighted by molar-refractivity contribution is 0.00578. The van der Waals surface area contributed by atoms with Crippen molar-refractivity contribution < 1.29 is 9.31 Å². The van der Waals surface area contributed by atoms with Crippen molar-refractivity contribution in [1.29, 1.82) is 0 Å². The highest BCUT2D eigenvalue weighted by atomic mass is 16.7. The molecule has 2 aromatic heterocycles. The van der Waals surface area contributed by atoms with E-state index in [4.69, 9.17) is 9.31 Å². The van der Waals surface area contributed by atoms with Crippen LogP contribution in [-0.4, -0.2) is 38.3 Å². The van der Waals surface area contributed by atoms with Crippen molar-refractivity contribution in [3.63, 3.8) is 0 Å². The molecule has 0 unspecified atom stereocenters. The number of aromatic nitrogens is 4. The summed E-state index contributed by atoms with van der Waals surface area (Å²) in [6, 6.07) is 3.86. The molecule has 0 amide bonds. The van der Waals surface area contributed by atoms with Crippen LogP contribution in [0.15, 0.2) is 24.5 Å². The van der Waals surface area contributed by atoms with Gasteiger partial charge >= 0.3 is 7.12 Å². The second kappa shape index (κ2) is 4.64. The molecule has 21 heavy (non-hydrogen) atoms. The van der Waals surface area contributed by atoms with Gasteiger partial charge in [-0.25, -0.2) is 0 Å². The summed E-state index contributed by atoms with van der Waals surface area (Å²) >= 11 is 0. The molecule has 0 saturated carbocycles. The maximum atomic E-state index is 6.01. The molecule has 6 nitrogen and oxygen atoms in total. The van der Waals surface area contributed by atoms with Gasteiger partial charge in [-0.05, 0) is 33.8 Å². The van der Waals surface area contributed by atoms with Crippen LogP contribution in [-0.2, 0) is 16.4 Å². The number of hydrogen-bond donors (Lipinski definition) is 0. The zero-order valence-electron chi connectivity index (χ0n) is 13.0. The van der Waals surface area contributed by atoms with Crippen molar-refractivity contribution >= 4 is 12.6 Å². The predicted octanol–water partition coefficient (Wildman–Crippen LogP) is 1.18. The zero-order valence-corrected chi connectivity index (χ0v) is 13.0. The second-order valence-corrected chi connectivity index (χ2v) is 6.28. The highest BCUT2D eigenvalue weighted by molar-refractivity contribution is 6.62. The van der Waals surface area contributed by atoms with Gasteiger partial charge in [0, 0.05) is 18.7 Å². The fourth-order valence-electron chi connectivity index (χ4n) is 2.14. The molecule has 0 aliphatic carbocycles. The van der Waals surface area contributed by atoms with Gasteiger partial charge in [0.25, 0.3) is 0 Å². The molecule has 0 aromatic carbocycles. The first-order chi connectivity index (χ1) is 9.78. The number of rotatable bonds is 2. The molecule has 1 aliphatic heterocycles. The Balaban J connectivity index is 1.83. The molecule has 0 bridgehead atoms. The Morgan fingerprint density at radius 2 is 1.67 bits per heavy atom. The molecule has 1 aliphatic rings. The van der Waals surface area contributed by atoms with E-state index in [1.807, 2.05) is 39.8 Å². The van der Waals surface area contributed by atoms with E-state index in [9.17, 15) is 0 Å². The Kier molecular flexibility index (Phi) is 3.14. The molecule has 1 fully saturated rings. The van der Waals surface area contributed by atoms with Crippen LogP contribution in [0.1, 0.15) is 27.7 Å². The standard InChI is InChI=1S/C14H19BN4O2/c1-13(2)14(3,4)21-15(20-13)10-6-7-11(16-8-10)12-9-17-19(5)18-12/h6-9H,1-5H3. The molecule has 3 rings (SSSR count). The van der Waals surface area contributed by atoms with Gasteiger partial charge in [0.15, 0.2) is 0 Å². The van der Waals surface area contributed by atoms with Gasteiger partial charge in [0.05, 0.1) is 23.1 Å². The van der Waals surface area contributed by atoms with E-state index in [0.29, 0.717) is 0 Å². The third-order valence-corrected chi connectivity index (χ3v) is 4.17. The maximum Gasteiger partial charge on any atom is 0.496 e. The molecule has 0 atom stereocenters. The minimum atomic E-state index is -0.390. The number of aryl methyl sites for hydroxylation is 1. The van der Waals surface area contributed by atoms with Crippen LogP contribution in [0.3, 0.4) is 0 Å². The lowest BCUT2D eigenvalue weighted by Crippen LogP contribution is -2.41. The molecule has 1 saturated heterocycles. The first-order valence-corrected chi connectivity index (χ1v) is 6.97. The predicted molar refractivity (Wildman–Crippen MR) is 80.0 cm³/mol. The Morgan fingerprint density at radius 1 is 1.00 bits per heavy atom. The van der Waals surface area contributed by atoms with Gasteiger partial charge in [-0.1, -0.05) is 6.07 Å². The van der Waals surface area contributed by atoms with Crippen molar-refractivity contribution in [3.05, 3.63) is 24.5 Å². The third kappa shape index (κ3) is 2.47. The molecule has 0 radical (unpaired) electrons. The van der Waals surface area contributed by atoms with Crippen molar-refractivity contribution in [3.8, 4) is 11.4 Å². The van der Waals surface area contributed by atoms with Gasteiger partial charge < -0.3 is 9.31 Å². The van der Waals surface area contributed by atoms with Crippen LogP contribution >= 0.6 is 0 Å². The first kappa shape index (κ1) is 14.2. The topological polar surface area (TPSA) is 62.1 Å². The van der Waals surface area contributed by atoms with E-state index in [1.165, 1.54) is 4.80 Å². The van der Waals surface area contributed by atoms with Crippen LogP contribution in [0, 0.1) is 0 Å². The SMILES string of the molecule is Cn1ncc(-c2ccc(B3OC(C)(C)C(C)(C)O3)cn2)n1. The van der Waals surface area contributed by atoms with Crippen molar-refractivity contribution in [2.75, 3.05) is 0 Å². The first-order valence-electron chi connectivity index (χ1n) is 6.97. The molecular weight excluding hydrogens is 267 g/mol. The number of pyridine rings is 1. The van der Waals surface area contributed by atoms with E-state index in [2.05, 4.69) is 15.2 Å². The molecule has 3 heterocycles. The average Bonchev–Trinajstić information content (AvgIpc) is 2.92. The average molecular weight is 286 g/mol. The summed E-state index contributed by atoms with van der Waals surface area (Å²) in [5.74, 6) is 0. The van der Waals surface area contributed by atoms with Crippen LogP contribution in [0.25, 0.3) is 11.4 Å². The van der Waals surface area contributed by atoms with E-state index in [1.54, 1.807) is 19.4 Å². The number of hydrogen-bond acceptors (Lipinski definition) is 5. The minimum absolute atomic E-state index is 0.346. The minimum Gasteiger partial charge on any atom is -0.399 e. The summed E-state index contributed by atoms with van der Waals surface area (Å²) in [5.41, 5.74) is 1.74. The fraction of sp³-hybridized carbons (Fsp3) is 0.500. The highest BCUT2D eigenvalue weighted by Crippen LogP contribution is 2.36. The van der Waals surface area contributed by atoms with Crippen molar-refractivity contribution in [2.45, 2.75) is 38.9 Å². The second-order valence-electron chi connectivity index (χ2n) is 6.28. The van der Waals surface area contributed by atoms with E-state index >= 15 is 0 Å². The van der Waals surface area contributed by atoms with Crippen LogP contribution < -0.4 is 5.46 Å². The Hall–Kier alpha value is -1.73. The van der Waals surface area contributed by atoms with Crippen LogP contribution in [0.5, 0.6) is 0 Å². The zero-order chi connectivity index (χ0) is 15.3. The summed E-state index contributed by atoms with van der Waals surface area (Å²) < 4.78 is 12.0. The highest BCUT2D eigenvalue weighted by Gasteiger charge is 2.51. The normalized spacial score (nSPS) is 20.0. The van der Waals surface area contributed by atoms with Crippen molar-refractivity contribution in [2.24, 2.45) is 7.05 Å². The Labute approximate surface area is 124 Å². The smallest absolute Gasteiger partial charge is 0.399 e. The lowest BCUT2D eigenvalue weighted by Gasteiger charge is -2.32. The largest absolute Gasteiger partial charge is 0.496 e. The number of nitrogens with zero attached hydrogens (tertiary/aromatic N) is 4. The molecule has 7 heteroatoms. The van der Waals surface area contributed by atoms with E-state index < -0.39 is 7.12 Å². The lowest BCUT2D eigenvalue weighted by atomic mass is 9.80. The summed E-state index contributed by atoms with van der Waals surface area (Å²) in [5, 5.41) is 8.28. The van der Waals surface area contributed by atoms with Gasteiger partial charge in [-0.15, -0.1) is 0 Å². The molecular formula is C14H19BN4O2. The summed E-state index contributed by atoms with van der Waals surface area (Å²) in [6.07, 6.45) is 3.46. The van der Waals surface area contributed by atoms with Crippen LogP contribution in [0.4, 0.5) is 0 Å². The Morgan fingerprint density at radius 3 is 2.14 bits per heavy atom. The maximum absolute atomic E-state index is 6.01. The third-order valence-electron chi connectivity index (χ3n) is 4.17. The van der Waals surface area contributed by atoms with Gasteiger partial charge in [0.1, 0.15) is 5.69 Å². The molecule has 2 aromatic rings. The fourth-order valence-corrected chi connectivity index (χ4v) is 2.14. The van der Waals surface area contributed by atoms with E-state index in [0.717, 1.165) is 16.9 Å². The van der Waals surface area contributed by atoms with Gasteiger partial charge in [-0.2, -0.15) is 15.0 Å². The quantitative estimate of drug-likeness (QED) is 0.776. The van der Waals surface area contributed by atoms with E-state index in [-0.39, 0.29) is 11.2 Å². The summed E-state index contributed by atoms with van der Waals surface area (Å²) in [7, 11) is 1.39. The Bertz CT molecular complexity index is 635. The van der Waals surface area contributed by atoms with Crippen LogP contribution in [0.2, 0.25) is 0 Å². The summed E-state index contributed by atoms with van der Waals surface area (Å²) in [4.78, 5) is 5.94. The molecule has 0 N–H and O–H groups in total. The molecule has 0 spiro atoms.